The number of carbonyl (C=O) groups is 1. The lowest BCUT2D eigenvalue weighted by Gasteiger charge is -2.30. The molecule has 110 valence electrons. The van der Waals surface area contributed by atoms with Gasteiger partial charge < -0.3 is 10.6 Å². The summed E-state index contributed by atoms with van der Waals surface area (Å²) in [5.41, 5.74) is 9.96. The smallest absolute Gasteiger partial charge is 0.261 e. The number of halogens is 1. The fraction of sp³-hybridized carbons (Fsp3) is 0.267. The molecule has 1 aromatic heterocycles. The van der Waals surface area contributed by atoms with Crippen LogP contribution in [0.3, 0.4) is 0 Å². The molecule has 1 aliphatic heterocycles. The van der Waals surface area contributed by atoms with Gasteiger partial charge in [-0.3, -0.25) is 4.79 Å². The Labute approximate surface area is 129 Å². The van der Waals surface area contributed by atoms with Crippen molar-refractivity contribution in [2.24, 2.45) is 0 Å². The molecule has 2 aromatic rings. The van der Waals surface area contributed by atoms with Gasteiger partial charge in [-0.2, -0.15) is 0 Å². The molecule has 1 aliphatic rings. The van der Waals surface area contributed by atoms with E-state index < -0.39 is 0 Å². The second-order valence-electron chi connectivity index (χ2n) is 4.93. The highest BCUT2D eigenvalue weighted by atomic mass is 35.5. The SMILES string of the molecule is Cc1ncncc1C(=O)N1CCCc2c(N)cccc21.Cl. The van der Waals surface area contributed by atoms with Crippen molar-refractivity contribution in [2.75, 3.05) is 17.2 Å². The molecule has 0 saturated carbocycles. The fourth-order valence-corrected chi connectivity index (χ4v) is 2.61. The van der Waals surface area contributed by atoms with Crippen molar-refractivity contribution in [1.82, 2.24) is 9.97 Å². The number of nitrogens with two attached hydrogens (primary N) is 1. The third-order valence-corrected chi connectivity index (χ3v) is 3.67. The van der Waals surface area contributed by atoms with Gasteiger partial charge in [0.05, 0.1) is 11.3 Å². The Morgan fingerprint density at radius 1 is 1.38 bits per heavy atom. The molecule has 5 nitrogen and oxygen atoms in total. The number of carbonyl (C=O) groups excluding carboxylic acids is 1. The van der Waals surface area contributed by atoms with Crippen molar-refractivity contribution in [3.05, 3.63) is 47.5 Å². The number of amides is 1. The Hall–Kier alpha value is -2.14. The Bertz CT molecular complexity index is 674. The van der Waals surface area contributed by atoms with Crippen LogP contribution in [0.5, 0.6) is 0 Å². The van der Waals surface area contributed by atoms with Crippen LogP contribution in [0.4, 0.5) is 11.4 Å². The molecule has 0 atom stereocenters. The minimum absolute atomic E-state index is 0. The largest absolute Gasteiger partial charge is 0.398 e. The number of fused-ring (bicyclic) bond motifs is 1. The van der Waals surface area contributed by atoms with Gasteiger partial charge in [0.2, 0.25) is 0 Å². The molecule has 0 fully saturated rings. The molecule has 2 N–H and O–H groups in total. The van der Waals surface area contributed by atoms with Gasteiger partial charge in [-0.05, 0) is 37.5 Å². The summed E-state index contributed by atoms with van der Waals surface area (Å²) in [7, 11) is 0. The molecule has 6 heteroatoms. The first-order valence-electron chi connectivity index (χ1n) is 6.64. The minimum Gasteiger partial charge on any atom is -0.398 e. The number of nitrogen functional groups attached to an aromatic ring is 1. The van der Waals surface area contributed by atoms with Crippen molar-refractivity contribution < 1.29 is 4.79 Å². The van der Waals surface area contributed by atoms with Crippen LogP contribution in [0.25, 0.3) is 0 Å². The van der Waals surface area contributed by atoms with E-state index in [1.807, 2.05) is 25.1 Å². The normalized spacial score (nSPS) is 13.3. The molecule has 3 rings (SSSR count). The number of benzene rings is 1. The molecule has 1 amide bonds. The maximum Gasteiger partial charge on any atom is 0.261 e. The van der Waals surface area contributed by atoms with Crippen LogP contribution >= 0.6 is 12.4 Å². The van der Waals surface area contributed by atoms with E-state index in [1.54, 1.807) is 11.1 Å². The molecule has 0 radical (unpaired) electrons. The summed E-state index contributed by atoms with van der Waals surface area (Å²) in [4.78, 5) is 22.5. The zero-order valence-electron chi connectivity index (χ0n) is 11.7. The van der Waals surface area contributed by atoms with E-state index in [0.29, 0.717) is 17.8 Å². The third kappa shape index (κ3) is 2.69. The highest BCUT2D eigenvalue weighted by molar-refractivity contribution is 6.07. The Morgan fingerprint density at radius 2 is 2.19 bits per heavy atom. The first-order valence-corrected chi connectivity index (χ1v) is 6.64. The second kappa shape index (κ2) is 6.10. The van der Waals surface area contributed by atoms with E-state index in [1.165, 1.54) is 6.33 Å². The highest BCUT2D eigenvalue weighted by Gasteiger charge is 2.25. The monoisotopic (exact) mass is 304 g/mol. The fourth-order valence-electron chi connectivity index (χ4n) is 2.61. The number of hydrogen-bond donors (Lipinski definition) is 1. The van der Waals surface area contributed by atoms with Gasteiger partial charge in [-0.25, -0.2) is 9.97 Å². The van der Waals surface area contributed by atoms with Crippen molar-refractivity contribution >= 4 is 29.7 Å². The molecule has 21 heavy (non-hydrogen) atoms. The molecule has 2 heterocycles. The second-order valence-corrected chi connectivity index (χ2v) is 4.93. The van der Waals surface area contributed by atoms with Crippen LogP contribution < -0.4 is 10.6 Å². The van der Waals surface area contributed by atoms with Crippen LogP contribution in [0, 0.1) is 6.92 Å². The summed E-state index contributed by atoms with van der Waals surface area (Å²) in [6, 6.07) is 5.71. The van der Waals surface area contributed by atoms with Crippen molar-refractivity contribution in [2.45, 2.75) is 19.8 Å². The van der Waals surface area contributed by atoms with Gasteiger partial charge >= 0.3 is 0 Å². The third-order valence-electron chi connectivity index (χ3n) is 3.67. The maximum absolute atomic E-state index is 12.7. The van der Waals surface area contributed by atoms with E-state index in [9.17, 15) is 4.79 Å². The van der Waals surface area contributed by atoms with E-state index in [2.05, 4.69) is 9.97 Å². The van der Waals surface area contributed by atoms with Crippen molar-refractivity contribution in [3.8, 4) is 0 Å². The predicted octanol–water partition coefficient (Wildman–Crippen LogP) is 2.38. The summed E-state index contributed by atoms with van der Waals surface area (Å²) in [6.07, 6.45) is 4.86. The van der Waals surface area contributed by atoms with Crippen molar-refractivity contribution in [1.29, 1.82) is 0 Å². The first-order chi connectivity index (χ1) is 9.68. The molecule has 0 spiro atoms. The van der Waals surface area contributed by atoms with Crippen LogP contribution in [0.1, 0.15) is 28.0 Å². The summed E-state index contributed by atoms with van der Waals surface area (Å²) in [6.45, 7) is 2.52. The molecular formula is C15H17ClN4O. The van der Waals surface area contributed by atoms with Gasteiger partial charge in [-0.1, -0.05) is 6.07 Å². The van der Waals surface area contributed by atoms with Crippen LogP contribution in [0.2, 0.25) is 0 Å². The average Bonchev–Trinajstić information content (AvgIpc) is 2.47. The summed E-state index contributed by atoms with van der Waals surface area (Å²) in [5, 5.41) is 0. The number of hydrogen-bond acceptors (Lipinski definition) is 4. The number of aryl methyl sites for hydroxylation is 1. The number of rotatable bonds is 1. The average molecular weight is 305 g/mol. The van der Waals surface area contributed by atoms with Gasteiger partial charge in [0.1, 0.15) is 6.33 Å². The van der Waals surface area contributed by atoms with E-state index in [4.69, 9.17) is 5.73 Å². The van der Waals surface area contributed by atoms with Gasteiger partial charge in [0, 0.05) is 24.1 Å². The number of anilines is 2. The quantitative estimate of drug-likeness (QED) is 0.821. The number of aromatic nitrogens is 2. The molecule has 0 bridgehead atoms. The van der Waals surface area contributed by atoms with E-state index in [0.717, 1.165) is 29.8 Å². The summed E-state index contributed by atoms with van der Waals surface area (Å²) < 4.78 is 0. The van der Waals surface area contributed by atoms with Crippen molar-refractivity contribution in [3.63, 3.8) is 0 Å². The highest BCUT2D eigenvalue weighted by Crippen LogP contribution is 2.32. The Kier molecular flexibility index (Phi) is 4.43. The lowest BCUT2D eigenvalue weighted by molar-refractivity contribution is 0.0984. The van der Waals surface area contributed by atoms with Gasteiger partial charge in [-0.15, -0.1) is 12.4 Å². The Morgan fingerprint density at radius 3 is 2.95 bits per heavy atom. The Balaban J connectivity index is 0.00000161. The summed E-state index contributed by atoms with van der Waals surface area (Å²) in [5.74, 6) is -0.0605. The predicted molar refractivity (Wildman–Crippen MR) is 84.9 cm³/mol. The van der Waals surface area contributed by atoms with E-state index in [-0.39, 0.29) is 18.3 Å². The van der Waals surface area contributed by atoms with Crippen LogP contribution in [-0.2, 0) is 6.42 Å². The lowest BCUT2D eigenvalue weighted by atomic mass is 9.99. The molecule has 0 saturated heterocycles. The standard InChI is InChI=1S/C15H16N4O.ClH/c1-10-12(8-17-9-18-10)15(20)19-7-3-4-11-13(16)5-2-6-14(11)19;/h2,5-6,8-9H,3-4,7,16H2,1H3;1H. The first kappa shape index (κ1) is 15.3. The topological polar surface area (TPSA) is 72.1 Å². The molecular weight excluding hydrogens is 288 g/mol. The minimum atomic E-state index is -0.0605. The lowest BCUT2D eigenvalue weighted by Crippen LogP contribution is -2.36. The molecule has 0 aliphatic carbocycles. The zero-order chi connectivity index (χ0) is 14.1. The number of nitrogens with zero attached hydrogens (tertiary/aromatic N) is 3. The van der Waals surface area contributed by atoms with Crippen LogP contribution in [0.15, 0.2) is 30.7 Å². The van der Waals surface area contributed by atoms with Gasteiger partial charge in [0.15, 0.2) is 0 Å². The van der Waals surface area contributed by atoms with Crippen LogP contribution in [-0.4, -0.2) is 22.4 Å². The molecule has 1 aromatic carbocycles. The summed E-state index contributed by atoms with van der Waals surface area (Å²) >= 11 is 0. The maximum atomic E-state index is 12.7. The van der Waals surface area contributed by atoms with Gasteiger partial charge in [0.25, 0.3) is 5.91 Å². The molecule has 0 unspecified atom stereocenters. The van der Waals surface area contributed by atoms with E-state index >= 15 is 0 Å². The zero-order valence-corrected chi connectivity index (χ0v) is 12.6.